The number of hydrogen-bond acceptors (Lipinski definition) is 5. The molecule has 0 fully saturated rings. The number of aryl methyl sites for hydroxylation is 1. The third-order valence-corrected chi connectivity index (χ3v) is 2.35. The van der Waals surface area contributed by atoms with Gasteiger partial charge in [0, 0.05) is 18.7 Å². The summed E-state index contributed by atoms with van der Waals surface area (Å²) in [4.78, 5) is 10.4. The lowest BCUT2D eigenvalue weighted by molar-refractivity contribution is -0.384. The number of hydrogen-bond donors (Lipinski definition) is 3. The fourth-order valence-electron chi connectivity index (χ4n) is 1.42. The van der Waals surface area contributed by atoms with Crippen LogP contribution in [0.15, 0.2) is 30.4 Å². The lowest BCUT2D eigenvalue weighted by Gasteiger charge is -2.06. The maximum atomic E-state index is 10.8. The van der Waals surface area contributed by atoms with Crippen molar-refractivity contribution in [2.75, 3.05) is 18.5 Å². The number of aliphatic hydroxyl groups is 1. The number of aliphatic hydroxyl groups excluding tert-OH is 1. The molecule has 18 heavy (non-hydrogen) atoms. The average molecular weight is 251 g/mol. The van der Waals surface area contributed by atoms with Crippen molar-refractivity contribution >= 4 is 11.4 Å². The Labute approximate surface area is 105 Å². The first-order valence-electron chi connectivity index (χ1n) is 5.56. The third-order valence-electron chi connectivity index (χ3n) is 2.35. The molecule has 1 unspecified atom stereocenters. The van der Waals surface area contributed by atoms with Crippen molar-refractivity contribution in [1.29, 1.82) is 0 Å². The number of nitrogens with one attached hydrogen (secondary N) is 1. The van der Waals surface area contributed by atoms with E-state index in [9.17, 15) is 10.1 Å². The molecule has 1 atom stereocenters. The minimum atomic E-state index is -0.426. The number of rotatable bonds is 6. The van der Waals surface area contributed by atoms with Crippen LogP contribution in [0.3, 0.4) is 0 Å². The van der Waals surface area contributed by atoms with Crippen LogP contribution in [0, 0.1) is 17.0 Å². The summed E-state index contributed by atoms with van der Waals surface area (Å²) in [5, 5.41) is 22.5. The second-order valence-corrected chi connectivity index (χ2v) is 3.93. The van der Waals surface area contributed by atoms with E-state index < -0.39 is 11.0 Å². The van der Waals surface area contributed by atoms with Crippen molar-refractivity contribution in [3.05, 3.63) is 46.0 Å². The van der Waals surface area contributed by atoms with Gasteiger partial charge in [-0.3, -0.25) is 10.1 Å². The number of nitrogens with zero attached hydrogens (tertiary/aromatic N) is 1. The van der Waals surface area contributed by atoms with Crippen LogP contribution in [0.5, 0.6) is 0 Å². The molecule has 1 aromatic rings. The fourth-order valence-corrected chi connectivity index (χ4v) is 1.42. The Morgan fingerprint density at radius 1 is 1.61 bits per heavy atom. The minimum absolute atomic E-state index is 0.0421. The molecular formula is C12H17N3O3. The van der Waals surface area contributed by atoms with Gasteiger partial charge in [0.1, 0.15) is 5.69 Å². The van der Waals surface area contributed by atoms with E-state index in [2.05, 4.69) is 5.32 Å². The van der Waals surface area contributed by atoms with E-state index in [4.69, 9.17) is 10.8 Å². The van der Waals surface area contributed by atoms with Crippen LogP contribution < -0.4 is 11.1 Å². The van der Waals surface area contributed by atoms with Gasteiger partial charge >= 0.3 is 0 Å². The molecule has 1 rings (SSSR count). The molecule has 0 bridgehead atoms. The number of anilines is 1. The van der Waals surface area contributed by atoms with Gasteiger partial charge in [0.25, 0.3) is 5.69 Å². The van der Waals surface area contributed by atoms with Crippen LogP contribution in [0.2, 0.25) is 0 Å². The zero-order chi connectivity index (χ0) is 13.5. The number of benzene rings is 1. The molecule has 0 aliphatic heterocycles. The van der Waals surface area contributed by atoms with Crippen LogP contribution >= 0.6 is 0 Å². The summed E-state index contributed by atoms with van der Waals surface area (Å²) in [6.07, 6.45) is 3.38. The molecule has 0 amide bonds. The predicted octanol–water partition coefficient (Wildman–Crippen LogP) is 1.19. The fraction of sp³-hybridized carbons (Fsp3) is 0.333. The first kappa shape index (κ1) is 14.1. The highest BCUT2D eigenvalue weighted by Crippen LogP contribution is 2.24. The highest BCUT2D eigenvalue weighted by Gasteiger charge is 2.12. The van der Waals surface area contributed by atoms with Gasteiger partial charge in [-0.1, -0.05) is 18.2 Å². The van der Waals surface area contributed by atoms with E-state index >= 15 is 0 Å². The molecular weight excluding hydrogens is 234 g/mol. The normalized spacial score (nSPS) is 12.6. The largest absolute Gasteiger partial charge is 0.394 e. The Kier molecular flexibility index (Phi) is 5.29. The standard InChI is InChI=1S/C12H17N3O3/c1-9-4-5-12(15(17)18)11(7-9)14-6-2-3-10(13)8-16/h2-5,7,10,14,16H,6,8,13H2,1H3. The smallest absolute Gasteiger partial charge is 0.292 e. The topological polar surface area (TPSA) is 101 Å². The van der Waals surface area contributed by atoms with Crippen molar-refractivity contribution in [3.8, 4) is 0 Å². The Morgan fingerprint density at radius 3 is 2.94 bits per heavy atom. The van der Waals surface area contributed by atoms with Crippen LogP contribution in [-0.2, 0) is 0 Å². The molecule has 6 nitrogen and oxygen atoms in total. The third kappa shape index (κ3) is 4.15. The SMILES string of the molecule is Cc1ccc([N+](=O)[O-])c(NCC=CC(N)CO)c1. The Morgan fingerprint density at radius 2 is 2.33 bits per heavy atom. The van der Waals surface area contributed by atoms with E-state index in [1.165, 1.54) is 6.07 Å². The zero-order valence-electron chi connectivity index (χ0n) is 10.2. The number of nitrogens with two attached hydrogens (primary N) is 1. The molecule has 0 saturated carbocycles. The van der Waals surface area contributed by atoms with Gasteiger partial charge in [0.05, 0.1) is 11.5 Å². The van der Waals surface area contributed by atoms with Gasteiger partial charge in [0.15, 0.2) is 0 Å². The lowest BCUT2D eigenvalue weighted by atomic mass is 10.2. The number of nitro benzene ring substituents is 1. The van der Waals surface area contributed by atoms with Crippen molar-refractivity contribution in [2.45, 2.75) is 13.0 Å². The van der Waals surface area contributed by atoms with Crippen molar-refractivity contribution in [2.24, 2.45) is 5.73 Å². The van der Waals surface area contributed by atoms with Crippen LogP contribution in [0.4, 0.5) is 11.4 Å². The van der Waals surface area contributed by atoms with E-state index in [-0.39, 0.29) is 12.3 Å². The molecule has 0 radical (unpaired) electrons. The van der Waals surface area contributed by atoms with E-state index in [0.717, 1.165) is 5.56 Å². The van der Waals surface area contributed by atoms with Gasteiger partial charge in [0.2, 0.25) is 0 Å². The average Bonchev–Trinajstić information content (AvgIpc) is 2.34. The van der Waals surface area contributed by atoms with Gasteiger partial charge in [-0.2, -0.15) is 0 Å². The Hall–Kier alpha value is -1.92. The molecule has 98 valence electrons. The summed E-state index contributed by atoms with van der Waals surface area (Å²) < 4.78 is 0. The highest BCUT2D eigenvalue weighted by atomic mass is 16.6. The van der Waals surface area contributed by atoms with Gasteiger partial charge in [-0.25, -0.2) is 0 Å². The van der Waals surface area contributed by atoms with Crippen molar-refractivity contribution < 1.29 is 10.0 Å². The van der Waals surface area contributed by atoms with Crippen LogP contribution in [0.1, 0.15) is 5.56 Å². The van der Waals surface area contributed by atoms with Crippen molar-refractivity contribution in [3.63, 3.8) is 0 Å². The molecule has 0 aliphatic carbocycles. The number of nitro groups is 1. The maximum Gasteiger partial charge on any atom is 0.292 e. The molecule has 1 aromatic carbocycles. The second kappa shape index (κ2) is 6.73. The van der Waals surface area contributed by atoms with Crippen LogP contribution in [-0.4, -0.2) is 29.2 Å². The highest BCUT2D eigenvalue weighted by molar-refractivity contribution is 5.62. The van der Waals surface area contributed by atoms with E-state index in [0.29, 0.717) is 12.2 Å². The van der Waals surface area contributed by atoms with Crippen molar-refractivity contribution in [1.82, 2.24) is 0 Å². The Bertz CT molecular complexity index is 446. The summed E-state index contributed by atoms with van der Waals surface area (Å²) in [7, 11) is 0. The monoisotopic (exact) mass is 251 g/mol. The van der Waals surface area contributed by atoms with Gasteiger partial charge in [-0.15, -0.1) is 0 Å². The van der Waals surface area contributed by atoms with E-state index in [1.54, 1.807) is 24.3 Å². The zero-order valence-corrected chi connectivity index (χ0v) is 10.2. The first-order valence-corrected chi connectivity index (χ1v) is 5.56. The van der Waals surface area contributed by atoms with Gasteiger partial charge in [-0.05, 0) is 18.6 Å². The molecule has 4 N–H and O–H groups in total. The summed E-state index contributed by atoms with van der Waals surface area (Å²) in [6.45, 7) is 2.16. The summed E-state index contributed by atoms with van der Waals surface area (Å²) in [6, 6.07) is 4.49. The maximum absolute atomic E-state index is 10.8. The van der Waals surface area contributed by atoms with Gasteiger partial charge < -0.3 is 16.2 Å². The predicted molar refractivity (Wildman–Crippen MR) is 70.5 cm³/mol. The quantitative estimate of drug-likeness (QED) is 0.400. The second-order valence-electron chi connectivity index (χ2n) is 3.93. The molecule has 0 aliphatic rings. The molecule has 6 heteroatoms. The molecule has 0 heterocycles. The molecule has 0 saturated heterocycles. The van der Waals surface area contributed by atoms with Crippen LogP contribution in [0.25, 0.3) is 0 Å². The minimum Gasteiger partial charge on any atom is -0.394 e. The van der Waals surface area contributed by atoms with E-state index in [1.807, 2.05) is 6.92 Å². The summed E-state index contributed by atoms with van der Waals surface area (Å²) in [5.74, 6) is 0. The molecule has 0 spiro atoms. The Balaban J connectivity index is 2.69. The summed E-state index contributed by atoms with van der Waals surface area (Å²) >= 11 is 0. The lowest BCUT2D eigenvalue weighted by Crippen LogP contribution is -2.21. The molecule has 0 aromatic heterocycles. The first-order chi connectivity index (χ1) is 8.54. The summed E-state index contributed by atoms with van der Waals surface area (Å²) in [5.41, 5.74) is 6.94.